The van der Waals surface area contributed by atoms with Crippen LogP contribution in [0.5, 0.6) is 5.75 Å². The number of likely N-dealkylation sites (tertiary alicyclic amines) is 1. The van der Waals surface area contributed by atoms with Crippen molar-refractivity contribution in [2.45, 2.75) is 58.0 Å². The molecule has 2 aromatic rings. The van der Waals surface area contributed by atoms with E-state index in [9.17, 15) is 14.4 Å². The van der Waals surface area contributed by atoms with Crippen LogP contribution in [0.2, 0.25) is 0 Å². The summed E-state index contributed by atoms with van der Waals surface area (Å²) in [5.41, 5.74) is 1.10. The van der Waals surface area contributed by atoms with Crippen LogP contribution in [0, 0.1) is 5.92 Å². The minimum absolute atomic E-state index is 0.114. The number of amides is 2. The molecule has 188 valence electrons. The van der Waals surface area contributed by atoms with E-state index in [-0.39, 0.29) is 23.4 Å². The topological polar surface area (TPSA) is 83.3 Å². The number of piperazine rings is 1. The monoisotopic (exact) mass is 481 g/mol. The highest BCUT2D eigenvalue weighted by atomic mass is 16.5. The molecule has 1 saturated carbocycles. The van der Waals surface area contributed by atoms with E-state index in [4.69, 9.17) is 9.15 Å². The first-order chi connectivity index (χ1) is 17.0. The van der Waals surface area contributed by atoms with Crippen LogP contribution in [-0.2, 0) is 16.1 Å². The van der Waals surface area contributed by atoms with E-state index in [0.717, 1.165) is 42.6 Å². The zero-order valence-electron chi connectivity index (χ0n) is 20.5. The van der Waals surface area contributed by atoms with Crippen molar-refractivity contribution in [1.82, 2.24) is 14.7 Å². The summed E-state index contributed by atoms with van der Waals surface area (Å²) in [5.74, 6) is 0.799. The number of carbonyl (C=O) groups is 2. The molecule has 0 bridgehead atoms. The van der Waals surface area contributed by atoms with E-state index < -0.39 is 0 Å². The molecule has 5 rings (SSSR count). The van der Waals surface area contributed by atoms with Gasteiger partial charge in [0.05, 0.1) is 12.5 Å². The molecule has 3 heterocycles. The zero-order chi connectivity index (χ0) is 24.4. The number of benzene rings is 1. The number of hydrogen-bond donors (Lipinski definition) is 0. The van der Waals surface area contributed by atoms with Crippen molar-refractivity contribution in [3.05, 3.63) is 40.2 Å². The molecule has 0 unspecified atom stereocenters. The molecule has 2 amide bonds. The number of fused-ring (bicyclic) bond motifs is 1. The number of rotatable bonds is 6. The Morgan fingerprint density at radius 2 is 1.83 bits per heavy atom. The van der Waals surface area contributed by atoms with Crippen molar-refractivity contribution in [3.63, 3.8) is 0 Å². The fourth-order valence-electron chi connectivity index (χ4n) is 5.86. The summed E-state index contributed by atoms with van der Waals surface area (Å²) in [5, 5.41) is 0.876. The quantitative estimate of drug-likeness (QED) is 0.590. The number of ether oxygens (including phenoxy) is 1. The van der Waals surface area contributed by atoms with Crippen LogP contribution < -0.4 is 10.4 Å². The van der Waals surface area contributed by atoms with E-state index in [0.29, 0.717) is 50.8 Å². The second-order valence-electron chi connectivity index (χ2n) is 10.0. The predicted octanol–water partition coefficient (Wildman–Crippen LogP) is 3.02. The molecular formula is C27H35N3O5. The first-order valence-electron chi connectivity index (χ1n) is 13.0. The van der Waals surface area contributed by atoms with Crippen LogP contribution in [0.3, 0.4) is 0 Å². The Hall–Kier alpha value is -2.87. The Labute approximate surface area is 205 Å². The number of nitrogens with zero attached hydrogens (tertiary/aromatic N) is 3. The Balaban J connectivity index is 1.20. The van der Waals surface area contributed by atoms with Crippen molar-refractivity contribution in [2.24, 2.45) is 5.92 Å². The molecule has 3 aliphatic rings. The van der Waals surface area contributed by atoms with E-state index in [1.807, 2.05) is 28.9 Å². The van der Waals surface area contributed by atoms with Crippen LogP contribution in [0.1, 0.15) is 51.0 Å². The van der Waals surface area contributed by atoms with Crippen LogP contribution in [-0.4, -0.2) is 71.9 Å². The average molecular weight is 482 g/mol. The molecule has 3 fully saturated rings. The van der Waals surface area contributed by atoms with Gasteiger partial charge in [-0.1, -0.05) is 19.3 Å². The molecule has 1 aromatic carbocycles. The Morgan fingerprint density at radius 1 is 1.06 bits per heavy atom. The first kappa shape index (κ1) is 23.9. The Morgan fingerprint density at radius 3 is 2.57 bits per heavy atom. The standard InChI is InChI=1S/C27H35N3O5/c1-2-34-22-8-9-24-23(16-22)19(15-26(32)35-24)17-28-10-12-29(13-11-28)27(33)20-14-25(31)30(18-20)21-6-4-3-5-7-21/h8-9,15-16,20-21H,2-7,10-14,17-18H2,1H3/t20-/m0/s1. The van der Waals surface area contributed by atoms with Gasteiger partial charge in [0.25, 0.3) is 0 Å². The normalized spacial score (nSPS) is 22.2. The largest absolute Gasteiger partial charge is 0.494 e. The maximum Gasteiger partial charge on any atom is 0.336 e. The molecule has 0 N–H and O–H groups in total. The molecule has 2 saturated heterocycles. The van der Waals surface area contributed by atoms with Gasteiger partial charge in [-0.15, -0.1) is 0 Å². The van der Waals surface area contributed by atoms with Gasteiger partial charge in [0, 0.05) is 63.2 Å². The van der Waals surface area contributed by atoms with Gasteiger partial charge < -0.3 is 19.0 Å². The van der Waals surface area contributed by atoms with Gasteiger partial charge >= 0.3 is 5.63 Å². The second-order valence-corrected chi connectivity index (χ2v) is 10.0. The Bertz CT molecular complexity index is 1130. The van der Waals surface area contributed by atoms with Crippen molar-refractivity contribution >= 4 is 22.8 Å². The molecule has 35 heavy (non-hydrogen) atoms. The SMILES string of the molecule is CCOc1ccc2oc(=O)cc(CN3CCN(C(=O)[C@H]4CC(=O)N(C5CCCCC5)C4)CC3)c2c1. The molecule has 1 atom stereocenters. The first-order valence-corrected chi connectivity index (χ1v) is 13.0. The van der Waals surface area contributed by atoms with Gasteiger partial charge in [-0.2, -0.15) is 0 Å². The lowest BCUT2D eigenvalue weighted by Crippen LogP contribution is -2.50. The van der Waals surface area contributed by atoms with Crippen molar-refractivity contribution in [2.75, 3.05) is 39.3 Å². The molecule has 0 spiro atoms. The van der Waals surface area contributed by atoms with E-state index >= 15 is 0 Å². The summed E-state index contributed by atoms with van der Waals surface area (Å²) >= 11 is 0. The highest BCUT2D eigenvalue weighted by Gasteiger charge is 2.40. The molecule has 8 nitrogen and oxygen atoms in total. The smallest absolute Gasteiger partial charge is 0.336 e. The minimum atomic E-state index is -0.362. The lowest BCUT2D eigenvalue weighted by Gasteiger charge is -2.36. The second kappa shape index (κ2) is 10.4. The highest BCUT2D eigenvalue weighted by molar-refractivity contribution is 5.89. The van der Waals surface area contributed by atoms with Crippen molar-refractivity contribution in [3.8, 4) is 5.75 Å². The van der Waals surface area contributed by atoms with Gasteiger partial charge in [0.15, 0.2) is 0 Å². The van der Waals surface area contributed by atoms with Crippen LogP contribution in [0.15, 0.2) is 33.5 Å². The summed E-state index contributed by atoms with van der Waals surface area (Å²) in [6.07, 6.45) is 6.11. The maximum absolute atomic E-state index is 13.2. The summed E-state index contributed by atoms with van der Waals surface area (Å²) in [6.45, 7) is 6.42. The molecular weight excluding hydrogens is 446 g/mol. The third-order valence-corrected chi connectivity index (χ3v) is 7.71. The fourth-order valence-corrected chi connectivity index (χ4v) is 5.86. The number of carbonyl (C=O) groups excluding carboxylic acids is 2. The van der Waals surface area contributed by atoms with E-state index in [2.05, 4.69) is 4.90 Å². The maximum atomic E-state index is 13.2. The van der Waals surface area contributed by atoms with Crippen molar-refractivity contribution in [1.29, 1.82) is 0 Å². The van der Waals surface area contributed by atoms with Gasteiger partial charge in [-0.25, -0.2) is 4.79 Å². The molecule has 2 aliphatic heterocycles. The summed E-state index contributed by atoms with van der Waals surface area (Å²) in [4.78, 5) is 44.1. The lowest BCUT2D eigenvalue weighted by molar-refractivity contribution is -0.137. The van der Waals surface area contributed by atoms with Gasteiger partial charge in [-0.05, 0) is 43.5 Å². The lowest BCUT2D eigenvalue weighted by atomic mass is 9.94. The summed E-state index contributed by atoms with van der Waals surface area (Å²) in [7, 11) is 0. The van der Waals surface area contributed by atoms with E-state index in [1.165, 1.54) is 19.3 Å². The minimum Gasteiger partial charge on any atom is -0.494 e. The molecule has 0 radical (unpaired) electrons. The third-order valence-electron chi connectivity index (χ3n) is 7.71. The van der Waals surface area contributed by atoms with Crippen LogP contribution in [0.25, 0.3) is 11.0 Å². The third kappa shape index (κ3) is 5.22. The van der Waals surface area contributed by atoms with Gasteiger partial charge in [0.2, 0.25) is 11.8 Å². The van der Waals surface area contributed by atoms with Crippen LogP contribution in [0.4, 0.5) is 0 Å². The van der Waals surface area contributed by atoms with Gasteiger partial charge in [0.1, 0.15) is 11.3 Å². The van der Waals surface area contributed by atoms with Crippen molar-refractivity contribution < 1.29 is 18.7 Å². The van der Waals surface area contributed by atoms with E-state index in [1.54, 1.807) is 12.1 Å². The zero-order valence-corrected chi connectivity index (χ0v) is 20.5. The average Bonchev–Trinajstić information content (AvgIpc) is 3.26. The number of hydrogen-bond acceptors (Lipinski definition) is 6. The molecule has 1 aliphatic carbocycles. The fraction of sp³-hybridized carbons (Fsp3) is 0.593. The van der Waals surface area contributed by atoms with Crippen LogP contribution >= 0.6 is 0 Å². The summed E-state index contributed by atoms with van der Waals surface area (Å²) in [6, 6.07) is 7.39. The Kier molecular flexibility index (Phi) is 7.09. The predicted molar refractivity (Wildman–Crippen MR) is 132 cm³/mol. The van der Waals surface area contributed by atoms with Gasteiger partial charge in [-0.3, -0.25) is 14.5 Å². The summed E-state index contributed by atoms with van der Waals surface area (Å²) < 4.78 is 11.0. The highest BCUT2D eigenvalue weighted by Crippen LogP contribution is 2.30. The molecule has 8 heteroatoms. The molecule has 1 aromatic heterocycles.